The third-order valence-electron chi connectivity index (χ3n) is 4.16. The molecule has 0 aromatic heterocycles. The van der Waals surface area contributed by atoms with Gasteiger partial charge in [0, 0.05) is 6.54 Å². The van der Waals surface area contributed by atoms with Crippen LogP contribution >= 0.6 is 15.9 Å². The van der Waals surface area contributed by atoms with E-state index in [-0.39, 0.29) is 10.7 Å². The molecule has 3 heteroatoms. The second kappa shape index (κ2) is 3.51. The second-order valence-electron chi connectivity index (χ2n) is 5.36. The Kier molecular flexibility index (Phi) is 3.01. The summed E-state index contributed by atoms with van der Waals surface area (Å²) in [4.78, 5) is 11.2. The van der Waals surface area contributed by atoms with Gasteiger partial charge in [0.2, 0.25) is 5.91 Å². The number of carbonyl (C=O) groups excluding carboxylic acids is 1. The van der Waals surface area contributed by atoms with Crippen molar-refractivity contribution in [1.82, 2.24) is 5.32 Å². The second-order valence-corrected chi connectivity index (χ2v) is 6.73. The molecule has 1 N–H and O–H groups in total. The summed E-state index contributed by atoms with van der Waals surface area (Å²) in [5.41, 5.74) is 0.714. The molecule has 1 rings (SSSR count). The maximum absolute atomic E-state index is 11.3. The first-order chi connectivity index (χ1) is 6.21. The van der Waals surface area contributed by atoms with Crippen molar-refractivity contribution in [3.63, 3.8) is 0 Å². The van der Waals surface area contributed by atoms with Gasteiger partial charge in [-0.1, -0.05) is 43.6 Å². The minimum atomic E-state index is -0.0903. The Labute approximate surface area is 95.0 Å². The van der Waals surface area contributed by atoms with Gasteiger partial charge >= 0.3 is 0 Å². The number of amides is 1. The quantitative estimate of drug-likeness (QED) is 0.778. The van der Waals surface area contributed by atoms with E-state index in [1.165, 1.54) is 0 Å². The van der Waals surface area contributed by atoms with Crippen LogP contribution in [-0.2, 0) is 4.79 Å². The Balaban J connectivity index is 2.40. The standard InChI is InChI=1S/C11H20BrNO/c1-7(12)9(14)13-6-8-10(2,3)11(8,4)5/h7-8H,6H2,1-5H3,(H,13,14). The summed E-state index contributed by atoms with van der Waals surface area (Å²) in [7, 11) is 0. The molecule has 0 aromatic carbocycles. The molecule has 0 saturated heterocycles. The van der Waals surface area contributed by atoms with E-state index < -0.39 is 0 Å². The molecule has 14 heavy (non-hydrogen) atoms. The topological polar surface area (TPSA) is 29.1 Å². The van der Waals surface area contributed by atoms with Gasteiger partial charge in [-0.3, -0.25) is 4.79 Å². The molecule has 0 bridgehead atoms. The van der Waals surface area contributed by atoms with E-state index in [1.54, 1.807) is 0 Å². The zero-order chi connectivity index (χ0) is 11.1. The predicted molar refractivity (Wildman–Crippen MR) is 62.5 cm³/mol. The molecule has 0 aliphatic heterocycles. The molecule has 0 spiro atoms. The fourth-order valence-corrected chi connectivity index (χ4v) is 2.35. The first-order valence-corrected chi connectivity index (χ1v) is 6.04. The van der Waals surface area contributed by atoms with E-state index in [4.69, 9.17) is 0 Å². The van der Waals surface area contributed by atoms with Gasteiger partial charge in [-0.15, -0.1) is 0 Å². The van der Waals surface area contributed by atoms with Crippen LogP contribution < -0.4 is 5.32 Å². The minimum absolute atomic E-state index is 0.0866. The maximum Gasteiger partial charge on any atom is 0.233 e. The monoisotopic (exact) mass is 261 g/mol. The van der Waals surface area contributed by atoms with Gasteiger partial charge in [0.05, 0.1) is 4.83 Å². The largest absolute Gasteiger partial charge is 0.355 e. The van der Waals surface area contributed by atoms with Crippen LogP contribution in [0.15, 0.2) is 0 Å². The van der Waals surface area contributed by atoms with Crippen LogP contribution in [0.5, 0.6) is 0 Å². The van der Waals surface area contributed by atoms with Crippen molar-refractivity contribution < 1.29 is 4.79 Å². The van der Waals surface area contributed by atoms with Gasteiger partial charge < -0.3 is 5.32 Å². The van der Waals surface area contributed by atoms with E-state index >= 15 is 0 Å². The number of rotatable bonds is 3. The molecule has 2 nitrogen and oxygen atoms in total. The van der Waals surface area contributed by atoms with Crippen molar-refractivity contribution in [3.05, 3.63) is 0 Å². The van der Waals surface area contributed by atoms with Gasteiger partial charge in [0.15, 0.2) is 0 Å². The number of hydrogen-bond acceptors (Lipinski definition) is 1. The highest BCUT2D eigenvalue weighted by Crippen LogP contribution is 2.67. The van der Waals surface area contributed by atoms with Gasteiger partial charge in [0.25, 0.3) is 0 Å². The molecule has 1 unspecified atom stereocenters. The lowest BCUT2D eigenvalue weighted by atomic mass is 10.0. The van der Waals surface area contributed by atoms with Crippen LogP contribution in [0.2, 0.25) is 0 Å². The lowest BCUT2D eigenvalue weighted by molar-refractivity contribution is -0.120. The molecule has 0 radical (unpaired) electrons. The molecule has 1 aliphatic rings. The summed E-state index contributed by atoms with van der Waals surface area (Å²) in [5, 5.41) is 2.97. The fraction of sp³-hybridized carbons (Fsp3) is 0.909. The highest BCUT2D eigenvalue weighted by Gasteiger charge is 2.64. The van der Waals surface area contributed by atoms with Crippen molar-refractivity contribution in [3.8, 4) is 0 Å². The lowest BCUT2D eigenvalue weighted by Gasteiger charge is -2.07. The smallest absolute Gasteiger partial charge is 0.233 e. The molecular weight excluding hydrogens is 242 g/mol. The molecule has 0 aromatic rings. The molecule has 82 valence electrons. The Morgan fingerprint density at radius 1 is 1.36 bits per heavy atom. The number of carbonyl (C=O) groups is 1. The summed E-state index contributed by atoms with van der Waals surface area (Å²) >= 11 is 3.26. The molecule has 1 fully saturated rings. The Morgan fingerprint density at radius 3 is 2.07 bits per heavy atom. The Hall–Kier alpha value is -0.0500. The third-order valence-corrected chi connectivity index (χ3v) is 4.58. The van der Waals surface area contributed by atoms with E-state index in [2.05, 4.69) is 48.9 Å². The van der Waals surface area contributed by atoms with Gasteiger partial charge in [0.1, 0.15) is 0 Å². The molecule has 1 atom stereocenters. The molecule has 1 amide bonds. The summed E-state index contributed by atoms with van der Waals surface area (Å²) < 4.78 is 0. The van der Waals surface area contributed by atoms with Crippen LogP contribution in [0.25, 0.3) is 0 Å². The highest BCUT2D eigenvalue weighted by molar-refractivity contribution is 9.10. The summed E-state index contributed by atoms with van der Waals surface area (Å²) in [6.07, 6.45) is 0. The first-order valence-electron chi connectivity index (χ1n) is 5.13. The van der Waals surface area contributed by atoms with Crippen molar-refractivity contribution >= 4 is 21.8 Å². The Morgan fingerprint density at radius 2 is 1.79 bits per heavy atom. The summed E-state index contributed by atoms with van der Waals surface area (Å²) in [6.45, 7) is 11.7. The Bertz CT molecular complexity index is 232. The zero-order valence-electron chi connectivity index (χ0n) is 9.65. The highest BCUT2D eigenvalue weighted by atomic mass is 79.9. The predicted octanol–water partition coefficient (Wildman–Crippen LogP) is 2.57. The van der Waals surface area contributed by atoms with E-state index in [0.717, 1.165) is 6.54 Å². The van der Waals surface area contributed by atoms with Crippen LogP contribution in [0.4, 0.5) is 0 Å². The average Bonchev–Trinajstić information content (AvgIpc) is 2.39. The van der Waals surface area contributed by atoms with E-state index in [9.17, 15) is 4.79 Å². The lowest BCUT2D eigenvalue weighted by Crippen LogP contribution is -2.32. The molecule has 1 saturated carbocycles. The number of nitrogens with one attached hydrogen (secondary N) is 1. The summed E-state index contributed by atoms with van der Waals surface area (Å²) in [5.74, 6) is 0.689. The van der Waals surface area contributed by atoms with E-state index in [1.807, 2.05) is 6.92 Å². The van der Waals surface area contributed by atoms with Crippen molar-refractivity contribution in [2.75, 3.05) is 6.54 Å². The average molecular weight is 262 g/mol. The van der Waals surface area contributed by atoms with Crippen LogP contribution in [0.1, 0.15) is 34.6 Å². The number of halogens is 1. The number of hydrogen-bond donors (Lipinski definition) is 1. The van der Waals surface area contributed by atoms with Gasteiger partial charge in [-0.2, -0.15) is 0 Å². The SMILES string of the molecule is CC(Br)C(=O)NCC1C(C)(C)C1(C)C. The summed E-state index contributed by atoms with van der Waals surface area (Å²) in [6, 6.07) is 0. The van der Waals surface area contributed by atoms with Gasteiger partial charge in [-0.25, -0.2) is 0 Å². The fourth-order valence-electron chi connectivity index (χ4n) is 2.19. The molecule has 1 aliphatic carbocycles. The normalized spacial score (nSPS) is 25.6. The number of alkyl halides is 1. The van der Waals surface area contributed by atoms with Crippen molar-refractivity contribution in [1.29, 1.82) is 0 Å². The minimum Gasteiger partial charge on any atom is -0.355 e. The van der Waals surface area contributed by atoms with Crippen LogP contribution in [0, 0.1) is 16.7 Å². The molecular formula is C11H20BrNO. The van der Waals surface area contributed by atoms with Gasteiger partial charge in [-0.05, 0) is 23.7 Å². The van der Waals surface area contributed by atoms with Crippen LogP contribution in [0.3, 0.4) is 0 Å². The zero-order valence-corrected chi connectivity index (χ0v) is 11.2. The van der Waals surface area contributed by atoms with Crippen molar-refractivity contribution in [2.45, 2.75) is 39.4 Å². The first kappa shape index (κ1) is 12.0. The van der Waals surface area contributed by atoms with E-state index in [0.29, 0.717) is 16.7 Å². The third kappa shape index (κ3) is 1.83. The molecule has 0 heterocycles. The maximum atomic E-state index is 11.3. The van der Waals surface area contributed by atoms with Crippen molar-refractivity contribution in [2.24, 2.45) is 16.7 Å². The van der Waals surface area contributed by atoms with Crippen LogP contribution in [-0.4, -0.2) is 17.3 Å².